The average Bonchev–Trinajstić information content (AvgIpc) is 2.86. The van der Waals surface area contributed by atoms with Crippen molar-refractivity contribution in [3.63, 3.8) is 0 Å². The molecule has 94 valence electrons. The third-order valence-corrected chi connectivity index (χ3v) is 2.53. The molecule has 2 aromatic rings. The highest BCUT2D eigenvalue weighted by Gasteiger charge is 2.10. The predicted octanol–water partition coefficient (Wildman–Crippen LogP) is 2.53. The van der Waals surface area contributed by atoms with Crippen LogP contribution in [0.1, 0.15) is 30.3 Å². The van der Waals surface area contributed by atoms with E-state index < -0.39 is 0 Å². The molecule has 5 nitrogen and oxygen atoms in total. The van der Waals surface area contributed by atoms with Gasteiger partial charge in [-0.1, -0.05) is 17.3 Å². The van der Waals surface area contributed by atoms with Crippen LogP contribution in [0.5, 0.6) is 0 Å². The van der Waals surface area contributed by atoms with Crippen molar-refractivity contribution in [2.24, 2.45) is 0 Å². The van der Waals surface area contributed by atoms with Crippen molar-refractivity contribution in [2.45, 2.75) is 13.0 Å². The molecule has 0 aliphatic carbocycles. The highest BCUT2D eigenvalue weighted by molar-refractivity contribution is 5.66. The molecule has 0 radical (unpaired) electrons. The number of benzene rings is 1. The molecule has 1 aromatic heterocycles. The molecule has 2 rings (SSSR count). The molecule has 1 unspecified atom stereocenters. The van der Waals surface area contributed by atoms with Gasteiger partial charge in [-0.2, -0.15) is 4.98 Å². The molecule has 0 saturated carbocycles. The molecular weight excluding hydrogens is 230 g/mol. The van der Waals surface area contributed by atoms with Crippen LogP contribution < -0.4 is 5.73 Å². The zero-order valence-corrected chi connectivity index (χ0v) is 10.3. The molecule has 5 heteroatoms. The molecule has 0 spiro atoms. The van der Waals surface area contributed by atoms with Crippen molar-refractivity contribution in [1.29, 1.82) is 0 Å². The Bertz CT molecular complexity index is 531. The Morgan fingerprint density at radius 1 is 1.28 bits per heavy atom. The van der Waals surface area contributed by atoms with Crippen LogP contribution in [0.3, 0.4) is 0 Å². The topological polar surface area (TPSA) is 74.2 Å². The van der Waals surface area contributed by atoms with Crippen molar-refractivity contribution in [3.8, 4) is 0 Å². The lowest BCUT2D eigenvalue weighted by molar-refractivity contribution is 0.109. The van der Waals surface area contributed by atoms with Crippen molar-refractivity contribution in [2.75, 3.05) is 12.8 Å². The Hall–Kier alpha value is -2.14. The molecule has 2 N–H and O–H groups in total. The number of nitrogens with zero attached hydrogens (tertiary/aromatic N) is 2. The second kappa shape index (κ2) is 5.46. The first-order valence-electron chi connectivity index (χ1n) is 5.59. The zero-order chi connectivity index (χ0) is 13.0. The second-order valence-electron chi connectivity index (χ2n) is 3.87. The summed E-state index contributed by atoms with van der Waals surface area (Å²) in [4.78, 5) is 4.20. The molecule has 1 atom stereocenters. The Balaban J connectivity index is 2.09. The number of nitrogens with two attached hydrogens (primary N) is 1. The van der Waals surface area contributed by atoms with Crippen LogP contribution in [-0.4, -0.2) is 17.3 Å². The van der Waals surface area contributed by atoms with Crippen LogP contribution in [0.2, 0.25) is 0 Å². The van der Waals surface area contributed by atoms with Crippen LogP contribution in [-0.2, 0) is 4.74 Å². The number of ether oxygens (including phenoxy) is 1. The van der Waals surface area contributed by atoms with Gasteiger partial charge in [0.1, 0.15) is 6.10 Å². The first-order valence-corrected chi connectivity index (χ1v) is 5.59. The SMILES string of the molecule is COC(C)c1noc(/C=C/c2ccc(N)cc2)n1. The Morgan fingerprint density at radius 3 is 2.67 bits per heavy atom. The van der Waals surface area contributed by atoms with E-state index in [1.54, 1.807) is 13.2 Å². The summed E-state index contributed by atoms with van der Waals surface area (Å²) in [6.07, 6.45) is 3.46. The maximum Gasteiger partial charge on any atom is 0.250 e. The Labute approximate surface area is 105 Å². The van der Waals surface area contributed by atoms with E-state index in [4.69, 9.17) is 15.0 Å². The number of hydrogen-bond donors (Lipinski definition) is 1. The molecule has 0 saturated heterocycles. The maximum atomic E-state index is 5.61. The van der Waals surface area contributed by atoms with Gasteiger partial charge in [-0.3, -0.25) is 0 Å². The van der Waals surface area contributed by atoms with Gasteiger partial charge in [-0.05, 0) is 30.7 Å². The van der Waals surface area contributed by atoms with E-state index in [1.807, 2.05) is 37.3 Å². The van der Waals surface area contributed by atoms with E-state index in [0.29, 0.717) is 11.7 Å². The minimum Gasteiger partial charge on any atom is -0.399 e. The largest absolute Gasteiger partial charge is 0.399 e. The summed E-state index contributed by atoms with van der Waals surface area (Å²) in [6.45, 7) is 1.86. The summed E-state index contributed by atoms with van der Waals surface area (Å²) < 4.78 is 10.2. The van der Waals surface area contributed by atoms with E-state index >= 15 is 0 Å². The van der Waals surface area contributed by atoms with Gasteiger partial charge < -0.3 is 15.0 Å². The lowest BCUT2D eigenvalue weighted by atomic mass is 10.2. The smallest absolute Gasteiger partial charge is 0.250 e. The van der Waals surface area contributed by atoms with Gasteiger partial charge in [0.05, 0.1) is 0 Å². The zero-order valence-electron chi connectivity index (χ0n) is 10.3. The molecule has 0 aliphatic heterocycles. The fraction of sp³-hybridized carbons (Fsp3) is 0.231. The lowest BCUT2D eigenvalue weighted by Gasteiger charge is -2.00. The van der Waals surface area contributed by atoms with E-state index in [9.17, 15) is 0 Å². The van der Waals surface area contributed by atoms with E-state index in [-0.39, 0.29) is 6.10 Å². The summed E-state index contributed by atoms with van der Waals surface area (Å²) in [6, 6.07) is 7.51. The Morgan fingerprint density at radius 2 is 2.00 bits per heavy atom. The maximum absolute atomic E-state index is 5.61. The molecule has 0 fully saturated rings. The monoisotopic (exact) mass is 245 g/mol. The third kappa shape index (κ3) is 2.95. The number of methoxy groups -OCH3 is 1. The van der Waals surface area contributed by atoms with Crippen molar-refractivity contribution in [1.82, 2.24) is 10.1 Å². The molecule has 0 aliphatic rings. The van der Waals surface area contributed by atoms with Crippen LogP contribution >= 0.6 is 0 Å². The standard InChI is InChI=1S/C13H15N3O2/c1-9(17-2)13-15-12(18-16-13)8-5-10-3-6-11(14)7-4-10/h3-9H,14H2,1-2H3/b8-5+. The average molecular weight is 245 g/mol. The fourth-order valence-corrected chi connectivity index (χ4v) is 1.36. The Kier molecular flexibility index (Phi) is 3.74. The fourth-order valence-electron chi connectivity index (χ4n) is 1.36. The van der Waals surface area contributed by atoms with Crippen LogP contribution in [0, 0.1) is 0 Å². The number of nitrogen functional groups attached to an aromatic ring is 1. The highest BCUT2D eigenvalue weighted by Crippen LogP contribution is 2.13. The summed E-state index contributed by atoms with van der Waals surface area (Å²) in [5.41, 5.74) is 7.36. The van der Waals surface area contributed by atoms with Gasteiger partial charge in [-0.15, -0.1) is 0 Å². The molecule has 1 aromatic carbocycles. The molecule has 0 amide bonds. The number of aromatic nitrogens is 2. The second-order valence-corrected chi connectivity index (χ2v) is 3.87. The minimum absolute atomic E-state index is 0.174. The van der Waals surface area contributed by atoms with Gasteiger partial charge in [0.25, 0.3) is 5.89 Å². The quantitative estimate of drug-likeness (QED) is 0.838. The minimum atomic E-state index is -0.174. The molecule has 0 bridgehead atoms. The summed E-state index contributed by atoms with van der Waals surface area (Å²) in [5.74, 6) is 0.986. The van der Waals surface area contributed by atoms with E-state index in [2.05, 4.69) is 10.1 Å². The summed E-state index contributed by atoms with van der Waals surface area (Å²) in [5, 5.41) is 3.83. The van der Waals surface area contributed by atoms with Gasteiger partial charge in [0.15, 0.2) is 0 Å². The van der Waals surface area contributed by atoms with Crippen molar-refractivity contribution < 1.29 is 9.26 Å². The normalized spacial score (nSPS) is 13.0. The first kappa shape index (κ1) is 12.3. The van der Waals surface area contributed by atoms with Crippen LogP contribution in [0.25, 0.3) is 12.2 Å². The number of anilines is 1. The first-order chi connectivity index (χ1) is 8.69. The van der Waals surface area contributed by atoms with Crippen LogP contribution in [0.15, 0.2) is 28.8 Å². The van der Waals surface area contributed by atoms with Gasteiger partial charge in [0.2, 0.25) is 5.82 Å². The van der Waals surface area contributed by atoms with Gasteiger partial charge in [0, 0.05) is 18.9 Å². The summed E-state index contributed by atoms with van der Waals surface area (Å²) in [7, 11) is 1.60. The third-order valence-electron chi connectivity index (χ3n) is 2.53. The lowest BCUT2D eigenvalue weighted by Crippen LogP contribution is -1.97. The molecule has 1 heterocycles. The van der Waals surface area contributed by atoms with Crippen LogP contribution in [0.4, 0.5) is 5.69 Å². The number of rotatable bonds is 4. The highest BCUT2D eigenvalue weighted by atomic mass is 16.5. The van der Waals surface area contributed by atoms with E-state index in [1.165, 1.54) is 0 Å². The molecule has 18 heavy (non-hydrogen) atoms. The number of hydrogen-bond acceptors (Lipinski definition) is 5. The van der Waals surface area contributed by atoms with Gasteiger partial charge in [-0.25, -0.2) is 0 Å². The van der Waals surface area contributed by atoms with Gasteiger partial charge >= 0.3 is 0 Å². The van der Waals surface area contributed by atoms with Crippen molar-refractivity contribution >= 4 is 17.8 Å². The van der Waals surface area contributed by atoms with E-state index in [0.717, 1.165) is 11.3 Å². The summed E-state index contributed by atoms with van der Waals surface area (Å²) >= 11 is 0. The predicted molar refractivity (Wildman–Crippen MR) is 69.5 cm³/mol. The molecular formula is C13H15N3O2. The van der Waals surface area contributed by atoms with Crippen molar-refractivity contribution in [3.05, 3.63) is 41.5 Å².